The van der Waals surface area contributed by atoms with E-state index in [1.54, 1.807) is 0 Å². The van der Waals surface area contributed by atoms with Gasteiger partial charge in [0.15, 0.2) is 0 Å². The Kier molecular flexibility index (Phi) is 2.28. The highest BCUT2D eigenvalue weighted by molar-refractivity contribution is 7.17. The van der Waals surface area contributed by atoms with Gasteiger partial charge in [-0.2, -0.15) is 0 Å². The Hall–Kier alpha value is -1.69. The van der Waals surface area contributed by atoms with Crippen LogP contribution in [0.4, 0.5) is 5.82 Å². The van der Waals surface area contributed by atoms with E-state index < -0.39 is 5.91 Å². The van der Waals surface area contributed by atoms with Crippen LogP contribution in [-0.2, 0) is 4.79 Å². The number of carbonyl (C=O) groups is 1. The molecule has 2 heterocycles. The van der Waals surface area contributed by atoms with Crippen molar-refractivity contribution in [1.82, 2.24) is 9.97 Å². The summed E-state index contributed by atoms with van der Waals surface area (Å²) in [5, 5.41) is 4.78. The first-order valence-corrected chi connectivity index (χ1v) is 4.86. The van der Waals surface area contributed by atoms with Crippen LogP contribution in [0.3, 0.4) is 0 Å². The molecule has 0 spiro atoms. The molecule has 0 saturated carbocycles. The van der Waals surface area contributed by atoms with Crippen LogP contribution in [0.15, 0.2) is 17.8 Å². The van der Waals surface area contributed by atoms with Gasteiger partial charge in [0.1, 0.15) is 12.1 Å². The first-order chi connectivity index (χ1) is 6.77. The summed E-state index contributed by atoms with van der Waals surface area (Å²) in [7, 11) is 0. The second-order valence-corrected chi connectivity index (χ2v) is 3.59. The van der Waals surface area contributed by atoms with Gasteiger partial charge in [-0.25, -0.2) is 9.97 Å². The topological polar surface area (TPSA) is 80.9 Å². The fourth-order valence-electron chi connectivity index (χ4n) is 1.09. The van der Waals surface area contributed by atoms with E-state index in [1.165, 1.54) is 17.7 Å². The van der Waals surface area contributed by atoms with E-state index >= 15 is 0 Å². The van der Waals surface area contributed by atoms with Crippen LogP contribution in [0, 0.1) is 0 Å². The number of thiophene rings is 1. The molecule has 0 fully saturated rings. The Labute approximate surface area is 84.0 Å². The number of hydrogen-bond donors (Lipinski definition) is 2. The van der Waals surface area contributed by atoms with E-state index in [4.69, 9.17) is 5.73 Å². The second-order valence-electron chi connectivity index (χ2n) is 2.68. The van der Waals surface area contributed by atoms with Crippen molar-refractivity contribution in [3.63, 3.8) is 0 Å². The number of nitrogens with one attached hydrogen (secondary N) is 1. The van der Waals surface area contributed by atoms with Crippen molar-refractivity contribution in [3.05, 3.63) is 17.8 Å². The predicted molar refractivity (Wildman–Crippen MR) is 55.1 cm³/mol. The third-order valence-electron chi connectivity index (χ3n) is 1.67. The number of hydrogen-bond acceptors (Lipinski definition) is 5. The van der Waals surface area contributed by atoms with Gasteiger partial charge in [0, 0.05) is 0 Å². The van der Waals surface area contributed by atoms with Gasteiger partial charge >= 0.3 is 0 Å². The van der Waals surface area contributed by atoms with E-state index in [0.717, 1.165) is 10.2 Å². The fourth-order valence-corrected chi connectivity index (χ4v) is 1.90. The zero-order chi connectivity index (χ0) is 9.97. The van der Waals surface area contributed by atoms with Crippen LogP contribution >= 0.6 is 11.3 Å². The maximum absolute atomic E-state index is 10.6. The van der Waals surface area contributed by atoms with Gasteiger partial charge in [-0.05, 0) is 11.4 Å². The molecule has 2 aromatic rings. The van der Waals surface area contributed by atoms with Gasteiger partial charge in [-0.1, -0.05) is 0 Å². The molecule has 0 unspecified atom stereocenters. The van der Waals surface area contributed by atoms with Crippen molar-refractivity contribution in [1.29, 1.82) is 0 Å². The number of fused-ring (bicyclic) bond motifs is 1. The first-order valence-electron chi connectivity index (χ1n) is 3.98. The molecule has 0 aliphatic carbocycles. The molecule has 1 amide bonds. The molecule has 0 aliphatic heterocycles. The quantitative estimate of drug-likeness (QED) is 0.773. The minimum Gasteiger partial charge on any atom is -0.368 e. The lowest BCUT2D eigenvalue weighted by molar-refractivity contribution is -0.116. The van der Waals surface area contributed by atoms with Gasteiger partial charge < -0.3 is 11.1 Å². The predicted octanol–water partition coefficient (Wildman–Crippen LogP) is 0.588. The highest BCUT2D eigenvalue weighted by Crippen LogP contribution is 2.24. The lowest BCUT2D eigenvalue weighted by atomic mass is 10.4. The summed E-state index contributed by atoms with van der Waals surface area (Å²) >= 11 is 1.53. The second kappa shape index (κ2) is 3.59. The SMILES string of the molecule is NC(=O)CNc1ncnc2ccsc12. The largest absolute Gasteiger partial charge is 0.368 e. The van der Waals surface area contributed by atoms with E-state index in [-0.39, 0.29) is 6.54 Å². The van der Waals surface area contributed by atoms with Crippen LogP contribution in [0.2, 0.25) is 0 Å². The average Bonchev–Trinajstić information content (AvgIpc) is 2.62. The van der Waals surface area contributed by atoms with Crippen molar-refractivity contribution in [2.75, 3.05) is 11.9 Å². The Bertz CT molecular complexity index is 467. The molecule has 3 N–H and O–H groups in total. The zero-order valence-electron chi connectivity index (χ0n) is 7.23. The third kappa shape index (κ3) is 1.64. The number of amides is 1. The Morgan fingerprint density at radius 1 is 1.57 bits per heavy atom. The fraction of sp³-hybridized carbons (Fsp3) is 0.125. The van der Waals surface area contributed by atoms with Gasteiger partial charge in [0.05, 0.1) is 16.8 Å². The lowest BCUT2D eigenvalue weighted by Crippen LogP contribution is -2.22. The molecule has 0 aromatic carbocycles. The summed E-state index contributed by atoms with van der Waals surface area (Å²) < 4.78 is 0.939. The molecule has 2 rings (SSSR count). The van der Waals surface area contributed by atoms with Crippen LogP contribution in [0.5, 0.6) is 0 Å². The molecule has 5 nitrogen and oxygen atoms in total. The van der Waals surface area contributed by atoms with Crippen molar-refractivity contribution in [3.8, 4) is 0 Å². The van der Waals surface area contributed by atoms with E-state index in [2.05, 4.69) is 15.3 Å². The minimum absolute atomic E-state index is 0.0873. The van der Waals surface area contributed by atoms with Crippen molar-refractivity contribution >= 4 is 33.3 Å². The Morgan fingerprint density at radius 2 is 2.43 bits per heavy atom. The monoisotopic (exact) mass is 208 g/mol. The number of rotatable bonds is 3. The number of primary amides is 1. The van der Waals surface area contributed by atoms with Gasteiger partial charge in [-0.15, -0.1) is 11.3 Å². The summed E-state index contributed by atoms with van der Waals surface area (Å²) in [4.78, 5) is 18.7. The summed E-state index contributed by atoms with van der Waals surface area (Å²) in [5.41, 5.74) is 5.89. The molecule has 14 heavy (non-hydrogen) atoms. The third-order valence-corrected chi connectivity index (χ3v) is 2.58. The molecule has 6 heteroatoms. The maximum Gasteiger partial charge on any atom is 0.236 e. The number of anilines is 1. The molecule has 0 atom stereocenters. The number of carbonyl (C=O) groups excluding carboxylic acids is 1. The van der Waals surface area contributed by atoms with Gasteiger partial charge in [0.25, 0.3) is 0 Å². The van der Waals surface area contributed by atoms with Crippen LogP contribution < -0.4 is 11.1 Å². The minimum atomic E-state index is -0.409. The maximum atomic E-state index is 10.6. The average molecular weight is 208 g/mol. The highest BCUT2D eigenvalue weighted by Gasteiger charge is 2.04. The van der Waals surface area contributed by atoms with Crippen LogP contribution in [-0.4, -0.2) is 22.4 Å². The zero-order valence-corrected chi connectivity index (χ0v) is 8.04. The molecular weight excluding hydrogens is 200 g/mol. The molecule has 0 saturated heterocycles. The Balaban J connectivity index is 2.32. The van der Waals surface area contributed by atoms with Crippen molar-refractivity contribution < 1.29 is 4.79 Å². The van der Waals surface area contributed by atoms with Crippen LogP contribution in [0.25, 0.3) is 10.2 Å². The van der Waals surface area contributed by atoms with E-state index in [9.17, 15) is 4.79 Å². The standard InChI is InChI=1S/C8H8N4OS/c9-6(13)3-10-8-7-5(1-2-14-7)11-4-12-8/h1-2,4H,3H2,(H2,9,13)(H,10,11,12). The highest BCUT2D eigenvalue weighted by atomic mass is 32.1. The molecular formula is C8H8N4OS. The summed E-state index contributed by atoms with van der Waals surface area (Å²) in [6.07, 6.45) is 1.46. The summed E-state index contributed by atoms with van der Waals surface area (Å²) in [5.74, 6) is 0.247. The normalized spacial score (nSPS) is 10.3. The molecule has 0 aliphatic rings. The first kappa shape index (κ1) is 8.89. The van der Waals surface area contributed by atoms with E-state index in [0.29, 0.717) is 5.82 Å². The van der Waals surface area contributed by atoms with Crippen LogP contribution in [0.1, 0.15) is 0 Å². The van der Waals surface area contributed by atoms with E-state index in [1.807, 2.05) is 11.4 Å². The molecule has 72 valence electrons. The van der Waals surface area contributed by atoms with Crippen molar-refractivity contribution in [2.24, 2.45) is 5.73 Å². The van der Waals surface area contributed by atoms with Gasteiger partial charge in [0.2, 0.25) is 5.91 Å². The number of aromatic nitrogens is 2. The molecule has 0 bridgehead atoms. The van der Waals surface area contributed by atoms with Crippen molar-refractivity contribution in [2.45, 2.75) is 0 Å². The Morgan fingerprint density at radius 3 is 3.21 bits per heavy atom. The molecule has 2 aromatic heterocycles. The van der Waals surface area contributed by atoms with Gasteiger partial charge in [-0.3, -0.25) is 4.79 Å². The number of nitrogens with zero attached hydrogens (tertiary/aromatic N) is 2. The number of nitrogens with two attached hydrogens (primary N) is 1. The smallest absolute Gasteiger partial charge is 0.236 e. The summed E-state index contributed by atoms with van der Waals surface area (Å²) in [6, 6.07) is 1.90. The summed E-state index contributed by atoms with van der Waals surface area (Å²) in [6.45, 7) is 0.0873. The lowest BCUT2D eigenvalue weighted by Gasteiger charge is -2.02. The molecule has 0 radical (unpaired) electrons.